The maximum Gasteiger partial charge on any atom is 0.321 e. The Morgan fingerprint density at radius 3 is 2.76 bits per heavy atom. The summed E-state index contributed by atoms with van der Waals surface area (Å²) in [4.78, 5) is 35.9. The second-order valence-corrected chi connectivity index (χ2v) is 8.56. The lowest BCUT2D eigenvalue weighted by atomic mass is 10.1. The third kappa shape index (κ3) is 5.93. The van der Waals surface area contributed by atoms with Crippen molar-refractivity contribution < 1.29 is 19.1 Å². The highest BCUT2D eigenvalue weighted by Gasteiger charge is 2.27. The van der Waals surface area contributed by atoms with Crippen LogP contribution in [0.1, 0.15) is 17.8 Å². The summed E-state index contributed by atoms with van der Waals surface area (Å²) in [6, 6.07) is 16.1. The minimum atomic E-state index is -0.529. The number of thioether (sulfide) groups is 1. The van der Waals surface area contributed by atoms with Crippen molar-refractivity contribution in [3.8, 4) is 11.4 Å². The molecule has 0 aliphatic carbocycles. The van der Waals surface area contributed by atoms with Gasteiger partial charge in [-0.1, -0.05) is 48.2 Å². The van der Waals surface area contributed by atoms with Gasteiger partial charge in [0.2, 0.25) is 11.8 Å². The van der Waals surface area contributed by atoms with Gasteiger partial charge < -0.3 is 15.4 Å². The predicted molar refractivity (Wildman–Crippen MR) is 126 cm³/mol. The molecule has 1 atom stereocenters. The van der Waals surface area contributed by atoms with E-state index in [0.29, 0.717) is 29.7 Å². The summed E-state index contributed by atoms with van der Waals surface area (Å²) in [6.45, 7) is 0.442. The van der Waals surface area contributed by atoms with Crippen LogP contribution in [0.3, 0.4) is 0 Å². The van der Waals surface area contributed by atoms with E-state index in [4.69, 9.17) is 4.74 Å². The van der Waals surface area contributed by atoms with E-state index in [2.05, 4.69) is 26.1 Å². The number of urea groups is 1. The maximum absolute atomic E-state index is 12.4. The van der Waals surface area contributed by atoms with E-state index < -0.39 is 12.1 Å². The number of methoxy groups -OCH3 is 1. The van der Waals surface area contributed by atoms with Crippen LogP contribution in [0.25, 0.3) is 5.69 Å². The van der Waals surface area contributed by atoms with Crippen molar-refractivity contribution in [2.24, 2.45) is 0 Å². The minimum absolute atomic E-state index is 0.133. The molecule has 176 valence electrons. The lowest BCUT2D eigenvalue weighted by molar-refractivity contribution is -0.121. The summed E-state index contributed by atoms with van der Waals surface area (Å²) in [6.07, 6.45) is 0.436. The first-order valence-corrected chi connectivity index (χ1v) is 11.6. The molecule has 34 heavy (non-hydrogen) atoms. The molecule has 1 aliphatic heterocycles. The summed E-state index contributed by atoms with van der Waals surface area (Å²) < 4.78 is 7.16. The van der Waals surface area contributed by atoms with Crippen molar-refractivity contribution in [2.45, 2.75) is 30.6 Å². The number of rotatable bonds is 9. The second kappa shape index (κ2) is 10.8. The van der Waals surface area contributed by atoms with E-state index in [1.807, 2.05) is 59.2 Å². The number of carbonyl (C=O) groups is 3. The zero-order valence-electron chi connectivity index (χ0n) is 18.5. The quantitative estimate of drug-likeness (QED) is 0.399. The number of aromatic nitrogens is 3. The molecule has 0 spiro atoms. The number of imide groups is 1. The molecule has 1 saturated heterocycles. The maximum atomic E-state index is 12.4. The molecule has 11 heteroatoms. The Morgan fingerprint density at radius 1 is 1.18 bits per heavy atom. The zero-order valence-corrected chi connectivity index (χ0v) is 19.3. The average Bonchev–Trinajstić information content (AvgIpc) is 3.23. The molecular weight excluding hydrogens is 456 g/mol. The molecule has 1 aliphatic rings. The number of benzene rings is 2. The van der Waals surface area contributed by atoms with Crippen molar-refractivity contribution in [3.63, 3.8) is 0 Å². The van der Waals surface area contributed by atoms with Gasteiger partial charge in [0.1, 0.15) is 11.6 Å². The van der Waals surface area contributed by atoms with Crippen LogP contribution in [-0.2, 0) is 22.6 Å². The molecule has 0 bridgehead atoms. The molecule has 1 unspecified atom stereocenters. The number of ether oxygens (including phenoxy) is 1. The molecule has 2 aromatic carbocycles. The van der Waals surface area contributed by atoms with E-state index >= 15 is 0 Å². The van der Waals surface area contributed by atoms with Gasteiger partial charge in [0.05, 0.1) is 18.6 Å². The van der Waals surface area contributed by atoms with Gasteiger partial charge in [-0.05, 0) is 17.7 Å². The monoisotopic (exact) mass is 480 g/mol. The van der Waals surface area contributed by atoms with Gasteiger partial charge in [0.15, 0.2) is 5.16 Å². The third-order valence-electron chi connectivity index (χ3n) is 5.13. The fraction of sp³-hybridized carbons (Fsp3) is 0.261. The average molecular weight is 481 g/mol. The Morgan fingerprint density at radius 2 is 2.00 bits per heavy atom. The first-order valence-electron chi connectivity index (χ1n) is 10.6. The molecular formula is C23H24N6O4S. The number of amides is 4. The summed E-state index contributed by atoms with van der Waals surface area (Å²) >= 11 is 1.25. The number of carbonyl (C=O) groups excluding carboxylic acids is 3. The fourth-order valence-electron chi connectivity index (χ4n) is 3.53. The third-order valence-corrected chi connectivity index (χ3v) is 6.05. The molecule has 1 fully saturated rings. The normalized spacial score (nSPS) is 15.4. The zero-order chi connectivity index (χ0) is 23.9. The van der Waals surface area contributed by atoms with Gasteiger partial charge in [-0.3, -0.25) is 19.5 Å². The molecule has 0 saturated carbocycles. The van der Waals surface area contributed by atoms with E-state index in [9.17, 15) is 14.4 Å². The predicted octanol–water partition coefficient (Wildman–Crippen LogP) is 1.82. The smallest absolute Gasteiger partial charge is 0.321 e. The highest BCUT2D eigenvalue weighted by Crippen LogP contribution is 2.25. The number of hydrogen-bond donors (Lipinski definition) is 3. The topological polar surface area (TPSA) is 127 Å². The summed E-state index contributed by atoms with van der Waals surface area (Å²) in [5.41, 5.74) is 1.76. The van der Waals surface area contributed by atoms with Gasteiger partial charge >= 0.3 is 6.03 Å². The molecule has 4 amide bonds. The molecule has 1 aromatic heterocycles. The first-order chi connectivity index (χ1) is 16.5. The highest BCUT2D eigenvalue weighted by molar-refractivity contribution is 7.99. The van der Waals surface area contributed by atoms with E-state index in [-0.39, 0.29) is 24.0 Å². The summed E-state index contributed by atoms with van der Waals surface area (Å²) in [5, 5.41) is 17.0. The van der Waals surface area contributed by atoms with Crippen LogP contribution in [-0.4, -0.2) is 51.5 Å². The molecule has 2 heterocycles. The van der Waals surface area contributed by atoms with Gasteiger partial charge in [-0.2, -0.15) is 0 Å². The van der Waals surface area contributed by atoms with Crippen LogP contribution in [0.4, 0.5) is 4.79 Å². The van der Waals surface area contributed by atoms with E-state index in [0.717, 1.165) is 11.3 Å². The van der Waals surface area contributed by atoms with Gasteiger partial charge in [0, 0.05) is 31.5 Å². The van der Waals surface area contributed by atoms with E-state index in [1.165, 1.54) is 11.8 Å². The lowest BCUT2D eigenvalue weighted by Crippen LogP contribution is -2.53. The van der Waals surface area contributed by atoms with Crippen molar-refractivity contribution >= 4 is 29.6 Å². The van der Waals surface area contributed by atoms with E-state index in [1.54, 1.807) is 7.11 Å². The molecule has 4 rings (SSSR count). The SMILES string of the molecule is COc1cccc(-n2c(CC3CC(=O)NC(=O)N3)nnc2SCC(=O)NCc2ccccc2)c1. The molecule has 10 nitrogen and oxygen atoms in total. The van der Waals surface area contributed by atoms with Crippen LogP contribution in [0.15, 0.2) is 59.8 Å². The number of nitrogens with zero attached hydrogens (tertiary/aromatic N) is 3. The minimum Gasteiger partial charge on any atom is -0.497 e. The largest absolute Gasteiger partial charge is 0.497 e. The Kier molecular flexibility index (Phi) is 7.43. The summed E-state index contributed by atoms with van der Waals surface area (Å²) in [5.74, 6) is 0.884. The highest BCUT2D eigenvalue weighted by atomic mass is 32.2. The second-order valence-electron chi connectivity index (χ2n) is 7.61. The van der Waals surface area contributed by atoms with Crippen LogP contribution in [0.5, 0.6) is 5.75 Å². The molecule has 0 radical (unpaired) electrons. The van der Waals surface area contributed by atoms with Crippen LogP contribution in [0.2, 0.25) is 0 Å². The lowest BCUT2D eigenvalue weighted by Gasteiger charge is -2.23. The van der Waals surface area contributed by atoms with Crippen molar-refractivity contribution in [3.05, 3.63) is 66.0 Å². The number of hydrogen-bond acceptors (Lipinski definition) is 7. The van der Waals surface area contributed by atoms with Gasteiger partial charge in [-0.15, -0.1) is 10.2 Å². The van der Waals surface area contributed by atoms with Gasteiger partial charge in [-0.25, -0.2) is 4.79 Å². The van der Waals surface area contributed by atoms with Crippen molar-refractivity contribution in [1.82, 2.24) is 30.7 Å². The van der Waals surface area contributed by atoms with Crippen LogP contribution < -0.4 is 20.7 Å². The Bertz CT molecular complexity index is 1170. The Hall–Kier alpha value is -3.86. The molecule has 3 N–H and O–H groups in total. The van der Waals surface area contributed by atoms with Gasteiger partial charge in [0.25, 0.3) is 0 Å². The fourth-order valence-corrected chi connectivity index (χ4v) is 4.33. The summed E-state index contributed by atoms with van der Waals surface area (Å²) in [7, 11) is 1.58. The Balaban J connectivity index is 1.51. The first kappa shape index (κ1) is 23.3. The van der Waals surface area contributed by atoms with Crippen molar-refractivity contribution in [1.29, 1.82) is 0 Å². The Labute approximate surface area is 200 Å². The van der Waals surface area contributed by atoms with Crippen LogP contribution in [0, 0.1) is 0 Å². The molecule has 3 aromatic rings. The van der Waals surface area contributed by atoms with Crippen molar-refractivity contribution in [2.75, 3.05) is 12.9 Å². The number of nitrogens with one attached hydrogen (secondary N) is 3. The van der Waals surface area contributed by atoms with Crippen LogP contribution >= 0.6 is 11.8 Å². The standard InChI is InChI=1S/C23H24N6O4S/c1-33-18-9-5-8-17(12-18)29-19(10-16-11-20(30)26-22(32)25-16)27-28-23(29)34-14-21(31)24-13-15-6-3-2-4-7-15/h2-9,12,16H,10-11,13-14H2,1H3,(H,24,31)(H2,25,26,30,32).